The molecule has 2 aromatic carbocycles. The Morgan fingerprint density at radius 3 is 2.82 bits per heavy atom. The lowest BCUT2D eigenvalue weighted by Gasteiger charge is -2.32. The average Bonchev–Trinajstić information content (AvgIpc) is 3.11. The SMILES string of the molecule is Cc1cccc(-c2nc3n(n2)[C@H](c2ccccc2Cl)C2=C(CCCC2=O)N3)c1. The van der Waals surface area contributed by atoms with Crippen molar-refractivity contribution in [2.75, 3.05) is 5.32 Å². The molecule has 0 fully saturated rings. The smallest absolute Gasteiger partial charge is 0.226 e. The van der Waals surface area contributed by atoms with Gasteiger partial charge in [-0.2, -0.15) is 4.98 Å². The van der Waals surface area contributed by atoms with Gasteiger partial charge in [0.25, 0.3) is 0 Å². The van der Waals surface area contributed by atoms with Crippen molar-refractivity contribution in [3.8, 4) is 11.4 Å². The third kappa shape index (κ3) is 2.74. The number of allylic oxidation sites excluding steroid dienone is 2. The molecule has 5 nitrogen and oxygen atoms in total. The second-order valence-corrected chi connectivity index (χ2v) is 7.70. The highest BCUT2D eigenvalue weighted by molar-refractivity contribution is 6.31. The predicted molar refractivity (Wildman–Crippen MR) is 109 cm³/mol. The Bertz CT molecular complexity index is 1130. The summed E-state index contributed by atoms with van der Waals surface area (Å²) in [4.78, 5) is 17.6. The van der Waals surface area contributed by atoms with Crippen LogP contribution in [0, 0.1) is 6.92 Å². The Labute approximate surface area is 168 Å². The van der Waals surface area contributed by atoms with Crippen LogP contribution < -0.4 is 5.32 Å². The van der Waals surface area contributed by atoms with Crippen molar-refractivity contribution in [3.63, 3.8) is 0 Å². The van der Waals surface area contributed by atoms with E-state index in [1.165, 1.54) is 0 Å². The van der Waals surface area contributed by atoms with E-state index in [2.05, 4.69) is 11.4 Å². The monoisotopic (exact) mass is 390 g/mol. The van der Waals surface area contributed by atoms with Crippen molar-refractivity contribution in [2.45, 2.75) is 32.2 Å². The van der Waals surface area contributed by atoms with Crippen LogP contribution in [0.15, 0.2) is 59.8 Å². The summed E-state index contributed by atoms with van der Waals surface area (Å²) in [7, 11) is 0. The predicted octanol–water partition coefficient (Wildman–Crippen LogP) is 4.93. The van der Waals surface area contributed by atoms with Gasteiger partial charge in [0.1, 0.15) is 6.04 Å². The molecule has 0 radical (unpaired) electrons. The van der Waals surface area contributed by atoms with Crippen LogP contribution in [0.5, 0.6) is 0 Å². The van der Waals surface area contributed by atoms with Gasteiger partial charge in [0, 0.05) is 33.8 Å². The lowest BCUT2D eigenvalue weighted by molar-refractivity contribution is -0.116. The molecule has 1 aromatic heterocycles. The first-order valence-corrected chi connectivity index (χ1v) is 9.81. The van der Waals surface area contributed by atoms with Crippen LogP contribution >= 0.6 is 11.6 Å². The molecule has 1 aliphatic heterocycles. The van der Waals surface area contributed by atoms with Gasteiger partial charge >= 0.3 is 0 Å². The number of halogens is 1. The molecule has 0 saturated heterocycles. The molecule has 6 heteroatoms. The number of fused-ring (bicyclic) bond motifs is 1. The van der Waals surface area contributed by atoms with Crippen molar-refractivity contribution < 1.29 is 4.79 Å². The normalized spacial score (nSPS) is 18.5. The van der Waals surface area contributed by atoms with Gasteiger partial charge in [0.05, 0.1) is 0 Å². The summed E-state index contributed by atoms with van der Waals surface area (Å²) in [6, 6.07) is 15.4. The van der Waals surface area contributed by atoms with Crippen LogP contribution in [-0.4, -0.2) is 20.5 Å². The van der Waals surface area contributed by atoms with Crippen molar-refractivity contribution in [2.24, 2.45) is 0 Å². The average molecular weight is 391 g/mol. The fourth-order valence-electron chi connectivity index (χ4n) is 4.05. The Kier molecular flexibility index (Phi) is 4.05. The number of benzene rings is 2. The highest BCUT2D eigenvalue weighted by Crippen LogP contribution is 2.42. The number of carbonyl (C=O) groups is 1. The van der Waals surface area contributed by atoms with E-state index in [1.807, 2.05) is 49.4 Å². The van der Waals surface area contributed by atoms with Crippen LogP contribution in [0.2, 0.25) is 5.02 Å². The van der Waals surface area contributed by atoms with E-state index < -0.39 is 0 Å². The fourth-order valence-corrected chi connectivity index (χ4v) is 4.29. The number of carbonyl (C=O) groups excluding carboxylic acids is 1. The molecule has 0 amide bonds. The summed E-state index contributed by atoms with van der Waals surface area (Å²) in [5.74, 6) is 1.43. The fraction of sp³-hybridized carbons (Fsp3) is 0.227. The lowest BCUT2D eigenvalue weighted by Crippen LogP contribution is -2.31. The van der Waals surface area contributed by atoms with Gasteiger partial charge in [-0.05, 0) is 31.9 Å². The maximum Gasteiger partial charge on any atom is 0.226 e. The molecule has 2 heterocycles. The number of anilines is 1. The number of nitrogens with one attached hydrogen (secondary N) is 1. The quantitative estimate of drug-likeness (QED) is 0.674. The minimum absolute atomic E-state index is 0.150. The van der Waals surface area contributed by atoms with E-state index in [0.29, 0.717) is 23.2 Å². The van der Waals surface area contributed by atoms with Crippen LogP contribution in [0.3, 0.4) is 0 Å². The molecule has 0 unspecified atom stereocenters. The van der Waals surface area contributed by atoms with Crippen LogP contribution in [-0.2, 0) is 4.79 Å². The molecule has 1 N–H and O–H groups in total. The molecular formula is C22H19ClN4O. The first-order chi connectivity index (χ1) is 13.6. The van der Waals surface area contributed by atoms with Crippen LogP contribution in [0.25, 0.3) is 11.4 Å². The first-order valence-electron chi connectivity index (χ1n) is 9.43. The minimum atomic E-state index is -0.362. The first kappa shape index (κ1) is 17.2. The molecule has 2 aliphatic rings. The van der Waals surface area contributed by atoms with E-state index in [-0.39, 0.29) is 11.8 Å². The highest BCUT2D eigenvalue weighted by atomic mass is 35.5. The summed E-state index contributed by atoms with van der Waals surface area (Å²) in [5, 5.41) is 8.77. The number of nitrogens with zero attached hydrogens (tertiary/aromatic N) is 3. The van der Waals surface area contributed by atoms with Crippen molar-refractivity contribution in [1.29, 1.82) is 0 Å². The number of ketones is 1. The summed E-state index contributed by atoms with van der Waals surface area (Å²) >= 11 is 6.53. The van der Waals surface area contributed by atoms with E-state index in [0.717, 1.165) is 40.8 Å². The van der Waals surface area contributed by atoms with E-state index in [4.69, 9.17) is 21.7 Å². The van der Waals surface area contributed by atoms with E-state index >= 15 is 0 Å². The number of aryl methyl sites for hydroxylation is 1. The van der Waals surface area contributed by atoms with Gasteiger partial charge in [-0.15, -0.1) is 5.10 Å². The molecule has 0 saturated carbocycles. The van der Waals surface area contributed by atoms with Gasteiger partial charge in [-0.1, -0.05) is 53.6 Å². The molecule has 140 valence electrons. The summed E-state index contributed by atoms with van der Waals surface area (Å²) in [5.41, 5.74) is 4.67. The molecule has 1 aliphatic carbocycles. The zero-order valence-corrected chi connectivity index (χ0v) is 16.2. The van der Waals surface area contributed by atoms with E-state index in [1.54, 1.807) is 4.68 Å². The number of Topliss-reactive ketones (excluding diaryl/α,β-unsaturated/α-hetero) is 1. The highest BCUT2D eigenvalue weighted by Gasteiger charge is 2.37. The lowest BCUT2D eigenvalue weighted by atomic mass is 9.85. The van der Waals surface area contributed by atoms with Gasteiger partial charge in [0.15, 0.2) is 11.6 Å². The Hall–Kier alpha value is -2.92. The van der Waals surface area contributed by atoms with Gasteiger partial charge in [-0.25, -0.2) is 4.68 Å². The molecule has 1 atom stereocenters. The second-order valence-electron chi connectivity index (χ2n) is 7.29. The molecule has 0 bridgehead atoms. The van der Waals surface area contributed by atoms with Crippen LogP contribution in [0.1, 0.15) is 36.4 Å². The van der Waals surface area contributed by atoms with Gasteiger partial charge in [-0.3, -0.25) is 4.79 Å². The molecular weight excluding hydrogens is 372 g/mol. The number of hydrogen-bond donors (Lipinski definition) is 1. The molecule has 3 aromatic rings. The second kappa shape index (κ2) is 6.60. The third-order valence-corrected chi connectivity index (χ3v) is 5.69. The third-order valence-electron chi connectivity index (χ3n) is 5.34. The number of hydrogen-bond acceptors (Lipinski definition) is 4. The molecule has 5 rings (SSSR count). The van der Waals surface area contributed by atoms with Crippen molar-refractivity contribution in [3.05, 3.63) is 76.0 Å². The minimum Gasteiger partial charge on any atom is -0.328 e. The standard InChI is InChI=1S/C22H19ClN4O/c1-13-6-4-7-14(12-13)21-25-22-24-17-10-5-11-18(28)19(17)20(27(22)26-21)15-8-2-3-9-16(15)23/h2-4,6-9,12,20H,5,10-11H2,1H3,(H,24,25,26)/t20-/m1/s1. The van der Waals surface area contributed by atoms with Crippen molar-refractivity contribution >= 4 is 23.3 Å². The Morgan fingerprint density at radius 1 is 1.14 bits per heavy atom. The summed E-state index contributed by atoms with van der Waals surface area (Å²) in [6.45, 7) is 2.04. The Balaban J connectivity index is 1.71. The Morgan fingerprint density at radius 2 is 2.00 bits per heavy atom. The summed E-state index contributed by atoms with van der Waals surface area (Å²) < 4.78 is 1.81. The molecule has 28 heavy (non-hydrogen) atoms. The van der Waals surface area contributed by atoms with Gasteiger partial charge < -0.3 is 5.32 Å². The van der Waals surface area contributed by atoms with Gasteiger partial charge in [0.2, 0.25) is 5.95 Å². The topological polar surface area (TPSA) is 59.8 Å². The maximum absolute atomic E-state index is 12.9. The maximum atomic E-state index is 12.9. The number of aromatic nitrogens is 3. The van der Waals surface area contributed by atoms with Crippen LogP contribution in [0.4, 0.5) is 5.95 Å². The molecule has 0 spiro atoms. The zero-order chi connectivity index (χ0) is 19.3. The van der Waals surface area contributed by atoms with Crippen molar-refractivity contribution in [1.82, 2.24) is 14.8 Å². The zero-order valence-electron chi connectivity index (χ0n) is 15.4. The summed E-state index contributed by atoms with van der Waals surface area (Å²) in [6.07, 6.45) is 2.23. The van der Waals surface area contributed by atoms with E-state index in [9.17, 15) is 4.79 Å². The number of rotatable bonds is 2. The largest absolute Gasteiger partial charge is 0.328 e.